The molecule has 17 heavy (non-hydrogen) atoms. The summed E-state index contributed by atoms with van der Waals surface area (Å²) in [4.78, 5) is 13.8. The van der Waals surface area contributed by atoms with Crippen molar-refractivity contribution in [3.8, 4) is 0 Å². The number of aliphatic hydroxyl groups excluding tert-OH is 1. The zero-order valence-electron chi connectivity index (χ0n) is 10.5. The molecule has 0 aromatic carbocycles. The van der Waals surface area contributed by atoms with E-state index in [4.69, 9.17) is 5.11 Å². The van der Waals surface area contributed by atoms with Gasteiger partial charge in [-0.2, -0.15) is 0 Å². The predicted octanol–water partition coefficient (Wildman–Crippen LogP) is 1.59. The van der Waals surface area contributed by atoms with Crippen LogP contribution in [0.1, 0.15) is 38.5 Å². The van der Waals surface area contributed by atoms with Gasteiger partial charge in [0.15, 0.2) is 0 Å². The molecule has 0 aromatic rings. The Balaban J connectivity index is 1.66. The first-order valence-corrected chi connectivity index (χ1v) is 6.93. The molecule has 0 bridgehead atoms. The molecule has 1 aliphatic heterocycles. The standard InChI is InChI=1S/C13H24N2O2/c16-10-12-5-7-15(8-6-12)13(17)14-9-11-3-1-2-4-11/h11-12,16H,1-10H2,(H,14,17). The van der Waals surface area contributed by atoms with Gasteiger partial charge in [0.2, 0.25) is 0 Å². The monoisotopic (exact) mass is 240 g/mol. The van der Waals surface area contributed by atoms with Gasteiger partial charge in [-0.25, -0.2) is 4.79 Å². The van der Waals surface area contributed by atoms with Crippen LogP contribution in [-0.4, -0.2) is 42.3 Å². The SMILES string of the molecule is O=C(NCC1CCCC1)N1CCC(CO)CC1. The number of nitrogens with one attached hydrogen (secondary N) is 1. The quantitative estimate of drug-likeness (QED) is 0.787. The Morgan fingerprint density at radius 1 is 1.12 bits per heavy atom. The average Bonchev–Trinajstić information content (AvgIpc) is 2.89. The molecule has 2 fully saturated rings. The van der Waals surface area contributed by atoms with Crippen LogP contribution in [-0.2, 0) is 0 Å². The second-order valence-corrected chi connectivity index (χ2v) is 5.45. The van der Waals surface area contributed by atoms with Gasteiger partial charge in [0.1, 0.15) is 0 Å². The summed E-state index contributed by atoms with van der Waals surface area (Å²) in [6.07, 6.45) is 7.06. The van der Waals surface area contributed by atoms with Crippen molar-refractivity contribution in [2.75, 3.05) is 26.2 Å². The second kappa shape index (κ2) is 6.24. The number of hydrogen-bond donors (Lipinski definition) is 2. The Bertz CT molecular complexity index is 244. The first kappa shape index (κ1) is 12.7. The number of carbonyl (C=O) groups excluding carboxylic acids is 1. The Labute approximate surface area is 103 Å². The fraction of sp³-hybridized carbons (Fsp3) is 0.923. The van der Waals surface area contributed by atoms with Crippen LogP contribution in [0.15, 0.2) is 0 Å². The van der Waals surface area contributed by atoms with Gasteiger partial charge in [-0.05, 0) is 37.5 Å². The van der Waals surface area contributed by atoms with Crippen molar-refractivity contribution in [1.29, 1.82) is 0 Å². The third-order valence-corrected chi connectivity index (χ3v) is 4.18. The molecular formula is C13H24N2O2. The number of nitrogens with zero attached hydrogens (tertiary/aromatic N) is 1. The molecule has 2 amide bonds. The highest BCUT2D eigenvalue weighted by Gasteiger charge is 2.23. The maximum Gasteiger partial charge on any atom is 0.317 e. The molecule has 1 heterocycles. The van der Waals surface area contributed by atoms with E-state index < -0.39 is 0 Å². The zero-order valence-corrected chi connectivity index (χ0v) is 10.5. The predicted molar refractivity (Wildman–Crippen MR) is 66.7 cm³/mol. The lowest BCUT2D eigenvalue weighted by Crippen LogP contribution is -2.45. The first-order chi connectivity index (χ1) is 8.29. The van der Waals surface area contributed by atoms with E-state index in [1.165, 1.54) is 25.7 Å². The molecule has 98 valence electrons. The van der Waals surface area contributed by atoms with Crippen molar-refractivity contribution >= 4 is 6.03 Å². The van der Waals surface area contributed by atoms with Gasteiger partial charge in [-0.1, -0.05) is 12.8 Å². The number of rotatable bonds is 3. The molecular weight excluding hydrogens is 216 g/mol. The van der Waals surface area contributed by atoms with E-state index in [1.807, 2.05) is 4.90 Å². The maximum atomic E-state index is 11.9. The molecule has 0 atom stereocenters. The number of piperidine rings is 1. The van der Waals surface area contributed by atoms with Crippen LogP contribution in [0.5, 0.6) is 0 Å². The lowest BCUT2D eigenvalue weighted by atomic mass is 9.98. The Morgan fingerprint density at radius 3 is 2.35 bits per heavy atom. The summed E-state index contributed by atoms with van der Waals surface area (Å²) in [5, 5.41) is 12.1. The van der Waals surface area contributed by atoms with Crippen LogP contribution in [0, 0.1) is 11.8 Å². The number of urea groups is 1. The normalized spacial score (nSPS) is 23.0. The van der Waals surface area contributed by atoms with Crippen LogP contribution in [0.4, 0.5) is 4.79 Å². The molecule has 2 N–H and O–H groups in total. The van der Waals surface area contributed by atoms with Crippen molar-refractivity contribution in [3.05, 3.63) is 0 Å². The molecule has 4 nitrogen and oxygen atoms in total. The average molecular weight is 240 g/mol. The van der Waals surface area contributed by atoms with Gasteiger partial charge in [0.05, 0.1) is 0 Å². The summed E-state index contributed by atoms with van der Waals surface area (Å²) in [7, 11) is 0. The number of amides is 2. The van der Waals surface area contributed by atoms with Crippen molar-refractivity contribution in [3.63, 3.8) is 0 Å². The minimum atomic E-state index is 0.0910. The van der Waals surface area contributed by atoms with Gasteiger partial charge in [0.25, 0.3) is 0 Å². The van der Waals surface area contributed by atoms with Crippen LogP contribution in [0.2, 0.25) is 0 Å². The molecule has 0 spiro atoms. The van der Waals surface area contributed by atoms with Gasteiger partial charge in [-0.3, -0.25) is 0 Å². The van der Waals surface area contributed by atoms with E-state index in [1.54, 1.807) is 0 Å². The topological polar surface area (TPSA) is 52.6 Å². The van der Waals surface area contributed by atoms with Gasteiger partial charge < -0.3 is 15.3 Å². The summed E-state index contributed by atoms with van der Waals surface area (Å²) in [5.41, 5.74) is 0. The van der Waals surface area contributed by atoms with Crippen molar-refractivity contribution < 1.29 is 9.90 Å². The highest BCUT2D eigenvalue weighted by Crippen LogP contribution is 2.24. The molecule has 2 rings (SSSR count). The molecule has 0 aromatic heterocycles. The van der Waals surface area contributed by atoms with Crippen molar-refractivity contribution in [2.45, 2.75) is 38.5 Å². The smallest absolute Gasteiger partial charge is 0.317 e. The van der Waals surface area contributed by atoms with E-state index in [0.29, 0.717) is 11.8 Å². The fourth-order valence-electron chi connectivity index (χ4n) is 2.88. The van der Waals surface area contributed by atoms with E-state index in [0.717, 1.165) is 32.5 Å². The molecule has 0 unspecified atom stereocenters. The second-order valence-electron chi connectivity index (χ2n) is 5.45. The molecule has 1 saturated heterocycles. The Hall–Kier alpha value is -0.770. The van der Waals surface area contributed by atoms with Gasteiger partial charge in [-0.15, -0.1) is 0 Å². The van der Waals surface area contributed by atoms with E-state index in [2.05, 4.69) is 5.32 Å². The third kappa shape index (κ3) is 3.60. The maximum absolute atomic E-state index is 11.9. The molecule has 1 aliphatic carbocycles. The summed E-state index contributed by atoms with van der Waals surface area (Å²) >= 11 is 0. The first-order valence-electron chi connectivity index (χ1n) is 6.93. The minimum Gasteiger partial charge on any atom is -0.396 e. The molecule has 0 radical (unpaired) electrons. The number of hydrogen-bond acceptors (Lipinski definition) is 2. The summed E-state index contributed by atoms with van der Waals surface area (Å²) < 4.78 is 0. The molecule has 4 heteroatoms. The van der Waals surface area contributed by atoms with Crippen LogP contribution in [0.25, 0.3) is 0 Å². The number of aliphatic hydroxyl groups is 1. The lowest BCUT2D eigenvalue weighted by molar-refractivity contribution is 0.136. The van der Waals surface area contributed by atoms with E-state index in [9.17, 15) is 4.79 Å². The summed E-state index contributed by atoms with van der Waals surface area (Å²) in [6, 6.07) is 0.0910. The minimum absolute atomic E-state index is 0.0910. The lowest BCUT2D eigenvalue weighted by Gasteiger charge is -2.31. The van der Waals surface area contributed by atoms with Gasteiger partial charge >= 0.3 is 6.03 Å². The number of likely N-dealkylation sites (tertiary alicyclic amines) is 1. The van der Waals surface area contributed by atoms with Crippen LogP contribution in [0.3, 0.4) is 0 Å². The van der Waals surface area contributed by atoms with E-state index in [-0.39, 0.29) is 12.6 Å². The highest BCUT2D eigenvalue weighted by atomic mass is 16.3. The van der Waals surface area contributed by atoms with E-state index >= 15 is 0 Å². The summed E-state index contributed by atoms with van der Waals surface area (Å²) in [6.45, 7) is 2.69. The van der Waals surface area contributed by atoms with Gasteiger partial charge in [0, 0.05) is 26.2 Å². The van der Waals surface area contributed by atoms with Crippen LogP contribution >= 0.6 is 0 Å². The van der Waals surface area contributed by atoms with Crippen molar-refractivity contribution in [2.24, 2.45) is 11.8 Å². The Kier molecular flexibility index (Phi) is 4.66. The highest BCUT2D eigenvalue weighted by molar-refractivity contribution is 5.74. The summed E-state index contributed by atoms with van der Waals surface area (Å²) in [5.74, 6) is 1.10. The third-order valence-electron chi connectivity index (χ3n) is 4.18. The Morgan fingerprint density at radius 2 is 1.76 bits per heavy atom. The van der Waals surface area contributed by atoms with Crippen molar-refractivity contribution in [1.82, 2.24) is 10.2 Å². The largest absolute Gasteiger partial charge is 0.396 e. The molecule has 2 aliphatic rings. The molecule has 1 saturated carbocycles. The number of carbonyl (C=O) groups is 1. The fourth-order valence-corrected chi connectivity index (χ4v) is 2.88. The van der Waals surface area contributed by atoms with Crippen LogP contribution < -0.4 is 5.32 Å². The zero-order chi connectivity index (χ0) is 12.1.